The summed E-state index contributed by atoms with van der Waals surface area (Å²) in [6.07, 6.45) is -0.561. The van der Waals surface area contributed by atoms with Crippen LogP contribution in [0.3, 0.4) is 0 Å². The molecule has 2 heterocycles. The molecule has 9 heteroatoms. The molecule has 0 aromatic carbocycles. The lowest BCUT2D eigenvalue weighted by molar-refractivity contribution is -0.0986. The van der Waals surface area contributed by atoms with Crippen molar-refractivity contribution < 1.29 is 20.1 Å². The minimum absolute atomic E-state index is 0.215. The maximum absolute atomic E-state index is 12.1. The summed E-state index contributed by atoms with van der Waals surface area (Å²) >= 11 is 0. The molecular weight excluding hydrogens is 292 g/mol. The molecule has 1 fully saturated rings. The van der Waals surface area contributed by atoms with Crippen LogP contribution < -0.4 is 5.69 Å². The Kier molecular flexibility index (Phi) is 4.61. The maximum Gasteiger partial charge on any atom is 0.351 e. The van der Waals surface area contributed by atoms with E-state index in [9.17, 15) is 15.0 Å². The zero-order valence-corrected chi connectivity index (χ0v) is 12.6. The molecule has 0 bridgehead atoms. The number of aliphatic hydroxyl groups is 3. The first kappa shape index (κ1) is 16.6. The highest BCUT2D eigenvalue weighted by Gasteiger charge is 2.53. The van der Waals surface area contributed by atoms with Crippen molar-refractivity contribution in [2.75, 3.05) is 20.7 Å². The quantitative estimate of drug-likeness (QED) is 0.455. The van der Waals surface area contributed by atoms with E-state index in [-0.39, 0.29) is 5.82 Å². The van der Waals surface area contributed by atoms with Crippen LogP contribution in [-0.4, -0.2) is 74.6 Å². The van der Waals surface area contributed by atoms with E-state index in [1.165, 1.54) is 25.5 Å². The third-order valence-corrected chi connectivity index (χ3v) is 3.42. The number of hydrogen-bond donors (Lipinski definition) is 3. The van der Waals surface area contributed by atoms with Crippen molar-refractivity contribution in [1.29, 1.82) is 0 Å². The van der Waals surface area contributed by atoms with Gasteiger partial charge < -0.3 is 25.0 Å². The Balaban J connectivity index is 2.32. The van der Waals surface area contributed by atoms with Crippen molar-refractivity contribution in [1.82, 2.24) is 14.5 Å². The van der Waals surface area contributed by atoms with Gasteiger partial charge in [-0.15, -0.1) is 0 Å². The minimum atomic E-state index is -1.73. The number of nitrogens with zero attached hydrogens (tertiary/aromatic N) is 4. The van der Waals surface area contributed by atoms with E-state index in [4.69, 9.17) is 9.84 Å². The van der Waals surface area contributed by atoms with Gasteiger partial charge in [-0.1, -0.05) is 0 Å². The van der Waals surface area contributed by atoms with Gasteiger partial charge in [-0.3, -0.25) is 4.57 Å². The monoisotopic (exact) mass is 312 g/mol. The molecule has 1 saturated heterocycles. The molecule has 1 aromatic heterocycles. The minimum Gasteiger partial charge on any atom is -0.394 e. The van der Waals surface area contributed by atoms with E-state index < -0.39 is 36.3 Å². The lowest BCUT2D eigenvalue weighted by atomic mass is 9.96. The smallest absolute Gasteiger partial charge is 0.351 e. The van der Waals surface area contributed by atoms with E-state index in [1.807, 2.05) is 0 Å². The van der Waals surface area contributed by atoms with Gasteiger partial charge in [-0.2, -0.15) is 4.98 Å². The largest absolute Gasteiger partial charge is 0.394 e. The molecule has 0 saturated carbocycles. The summed E-state index contributed by atoms with van der Waals surface area (Å²) in [4.78, 5) is 21.6. The Morgan fingerprint density at radius 3 is 2.77 bits per heavy atom. The molecule has 0 radical (unpaired) electrons. The number of ether oxygens (including phenoxy) is 1. The molecule has 3 N–H and O–H groups in total. The Hall–Kier alpha value is -1.81. The second-order valence-corrected chi connectivity index (χ2v) is 5.56. The molecule has 1 aliphatic rings. The normalized spacial score (nSPS) is 31.8. The molecule has 1 aromatic rings. The Morgan fingerprint density at radius 2 is 2.27 bits per heavy atom. The van der Waals surface area contributed by atoms with Gasteiger partial charge in [-0.05, 0) is 13.0 Å². The fraction of sp³-hybridized carbons (Fsp3) is 0.615. The first-order chi connectivity index (χ1) is 10.3. The van der Waals surface area contributed by atoms with Crippen molar-refractivity contribution >= 4 is 12.2 Å². The lowest BCUT2D eigenvalue weighted by Crippen LogP contribution is -2.46. The van der Waals surface area contributed by atoms with Crippen molar-refractivity contribution in [2.24, 2.45) is 4.99 Å². The average molecular weight is 312 g/mol. The van der Waals surface area contributed by atoms with E-state index in [0.29, 0.717) is 0 Å². The molecule has 22 heavy (non-hydrogen) atoms. The van der Waals surface area contributed by atoms with Gasteiger partial charge in [0.2, 0.25) is 0 Å². The van der Waals surface area contributed by atoms with Gasteiger partial charge >= 0.3 is 5.69 Å². The zero-order valence-electron chi connectivity index (χ0n) is 12.6. The molecule has 0 unspecified atom stereocenters. The predicted octanol–water partition coefficient (Wildman–Crippen LogP) is -1.53. The van der Waals surface area contributed by atoms with Gasteiger partial charge in [0.15, 0.2) is 12.0 Å². The average Bonchev–Trinajstić information content (AvgIpc) is 2.68. The van der Waals surface area contributed by atoms with Gasteiger partial charge in [0.1, 0.15) is 17.8 Å². The fourth-order valence-electron chi connectivity index (χ4n) is 2.22. The second kappa shape index (κ2) is 6.13. The predicted molar refractivity (Wildman–Crippen MR) is 78.0 cm³/mol. The van der Waals surface area contributed by atoms with Crippen LogP contribution in [0, 0.1) is 0 Å². The summed E-state index contributed by atoms with van der Waals surface area (Å²) in [5, 5.41) is 29.4. The Bertz CT molecular complexity index is 613. The highest BCUT2D eigenvalue weighted by molar-refractivity contribution is 5.58. The summed E-state index contributed by atoms with van der Waals surface area (Å²) in [6.45, 7) is 0.865. The zero-order chi connectivity index (χ0) is 16.5. The maximum atomic E-state index is 12.1. The van der Waals surface area contributed by atoms with Crippen LogP contribution in [0.4, 0.5) is 5.82 Å². The summed E-state index contributed by atoms with van der Waals surface area (Å²) in [6, 6.07) is 1.49. The lowest BCUT2D eigenvalue weighted by Gasteiger charge is -2.27. The van der Waals surface area contributed by atoms with E-state index in [2.05, 4.69) is 9.98 Å². The number of aromatic nitrogens is 2. The number of rotatable bonds is 4. The van der Waals surface area contributed by atoms with Crippen LogP contribution in [-0.2, 0) is 4.74 Å². The van der Waals surface area contributed by atoms with Gasteiger partial charge in [0.05, 0.1) is 12.9 Å². The molecule has 9 nitrogen and oxygen atoms in total. The molecule has 4 atom stereocenters. The number of aliphatic hydroxyl groups excluding tert-OH is 2. The van der Waals surface area contributed by atoms with E-state index >= 15 is 0 Å². The summed E-state index contributed by atoms with van der Waals surface area (Å²) < 4.78 is 6.43. The third-order valence-electron chi connectivity index (χ3n) is 3.42. The molecule has 122 valence electrons. The molecule has 0 spiro atoms. The molecule has 2 rings (SSSR count). The summed E-state index contributed by atoms with van der Waals surface area (Å²) in [5.41, 5.74) is -2.41. The van der Waals surface area contributed by atoms with Crippen LogP contribution in [0.1, 0.15) is 13.2 Å². The van der Waals surface area contributed by atoms with E-state index in [1.54, 1.807) is 19.0 Å². The molecule has 1 aliphatic heterocycles. The summed E-state index contributed by atoms with van der Waals surface area (Å²) in [5.74, 6) is 0.215. The first-order valence-electron chi connectivity index (χ1n) is 6.74. The van der Waals surface area contributed by atoms with Crippen molar-refractivity contribution in [3.05, 3.63) is 22.7 Å². The van der Waals surface area contributed by atoms with Gasteiger partial charge in [0, 0.05) is 20.3 Å². The fourth-order valence-corrected chi connectivity index (χ4v) is 2.22. The molecule has 0 amide bonds. The van der Waals surface area contributed by atoms with Crippen molar-refractivity contribution in [2.45, 2.75) is 31.0 Å². The first-order valence-corrected chi connectivity index (χ1v) is 6.74. The highest BCUT2D eigenvalue weighted by Crippen LogP contribution is 2.37. The number of hydrogen-bond acceptors (Lipinski definition) is 7. The Morgan fingerprint density at radius 1 is 1.59 bits per heavy atom. The van der Waals surface area contributed by atoms with Crippen LogP contribution in [0.2, 0.25) is 0 Å². The summed E-state index contributed by atoms with van der Waals surface area (Å²) in [7, 11) is 3.56. The van der Waals surface area contributed by atoms with Crippen LogP contribution >= 0.6 is 0 Å². The van der Waals surface area contributed by atoms with Gasteiger partial charge in [-0.25, -0.2) is 9.79 Å². The van der Waals surface area contributed by atoms with Gasteiger partial charge in [0.25, 0.3) is 0 Å². The topological polar surface area (TPSA) is 120 Å². The van der Waals surface area contributed by atoms with Crippen molar-refractivity contribution in [3.63, 3.8) is 0 Å². The highest BCUT2D eigenvalue weighted by atomic mass is 16.6. The third kappa shape index (κ3) is 3.02. The van der Waals surface area contributed by atoms with Crippen LogP contribution in [0.5, 0.6) is 0 Å². The van der Waals surface area contributed by atoms with Crippen LogP contribution in [0.25, 0.3) is 0 Å². The second-order valence-electron chi connectivity index (χ2n) is 5.56. The van der Waals surface area contributed by atoms with Crippen LogP contribution in [0.15, 0.2) is 22.1 Å². The molecular formula is C13H20N4O5. The standard InChI is InChI=1S/C13H20N4O5/c1-13(21)10(19)8(6-18)22-11(13)17-5-4-9(15-12(17)20)14-7-16(2)3/h4-5,7-8,10-11,18-19,21H,6H2,1-3H3/t8-,10-,11-,13-/m1/s1. The molecule has 0 aliphatic carbocycles. The van der Waals surface area contributed by atoms with E-state index in [0.717, 1.165) is 4.57 Å². The van der Waals surface area contributed by atoms with Crippen molar-refractivity contribution in [3.8, 4) is 0 Å². The SMILES string of the molecule is CN(C)C=Nc1ccn([C@@H]2O[C@H](CO)[C@@H](O)[C@@]2(C)O)c(=O)n1. The number of aliphatic imine (C=N–C) groups is 1. The Labute approximate surface area is 127 Å².